The van der Waals surface area contributed by atoms with Crippen LogP contribution in [0, 0.1) is 0 Å². The Balaban J connectivity index is 2.57. The van der Waals surface area contributed by atoms with Crippen molar-refractivity contribution in [2.75, 3.05) is 7.11 Å². The number of benzene rings is 2. The van der Waals surface area contributed by atoms with Crippen molar-refractivity contribution in [3.8, 4) is 5.75 Å². The molecular formula is C23H28O4. The van der Waals surface area contributed by atoms with E-state index in [1.807, 2.05) is 41.5 Å². The number of ketones is 1. The average Bonchev–Trinajstić information content (AvgIpc) is 2.58. The van der Waals surface area contributed by atoms with Gasteiger partial charge in [0.05, 0.1) is 12.7 Å². The molecule has 0 aliphatic rings. The van der Waals surface area contributed by atoms with E-state index in [4.69, 9.17) is 0 Å². The number of methoxy groups -OCH3 is 1. The van der Waals surface area contributed by atoms with Crippen molar-refractivity contribution in [3.63, 3.8) is 0 Å². The van der Waals surface area contributed by atoms with Gasteiger partial charge in [-0.1, -0.05) is 53.7 Å². The third-order valence-corrected chi connectivity index (χ3v) is 4.56. The number of hydrogen-bond donors (Lipinski definition) is 1. The number of phenols is 1. The first-order chi connectivity index (χ1) is 12.4. The summed E-state index contributed by atoms with van der Waals surface area (Å²) in [5.74, 6) is -0.348. The molecule has 27 heavy (non-hydrogen) atoms. The van der Waals surface area contributed by atoms with Crippen LogP contribution in [0.15, 0.2) is 36.4 Å². The molecule has 4 nitrogen and oxygen atoms in total. The zero-order valence-electron chi connectivity index (χ0n) is 17.1. The van der Waals surface area contributed by atoms with E-state index in [-0.39, 0.29) is 22.4 Å². The molecule has 0 saturated carbocycles. The Morgan fingerprint density at radius 1 is 0.778 bits per heavy atom. The molecule has 1 N–H and O–H groups in total. The van der Waals surface area contributed by atoms with E-state index in [0.29, 0.717) is 16.7 Å². The normalized spacial score (nSPS) is 12.0. The largest absolute Gasteiger partial charge is 0.507 e. The van der Waals surface area contributed by atoms with Gasteiger partial charge in [0, 0.05) is 22.3 Å². The summed E-state index contributed by atoms with van der Waals surface area (Å²) in [6.45, 7) is 12.0. The van der Waals surface area contributed by atoms with Crippen LogP contribution in [0.4, 0.5) is 0 Å². The first-order valence-electron chi connectivity index (χ1n) is 8.97. The van der Waals surface area contributed by atoms with E-state index in [0.717, 1.165) is 11.1 Å². The molecule has 144 valence electrons. The minimum atomic E-state index is -0.441. The Hall–Kier alpha value is -2.62. The highest BCUT2D eigenvalue weighted by Gasteiger charge is 2.28. The van der Waals surface area contributed by atoms with Gasteiger partial charge < -0.3 is 9.84 Å². The van der Waals surface area contributed by atoms with Crippen LogP contribution in [-0.4, -0.2) is 24.0 Å². The number of hydrogen-bond acceptors (Lipinski definition) is 4. The second kappa shape index (κ2) is 7.18. The molecule has 0 aromatic heterocycles. The van der Waals surface area contributed by atoms with Crippen molar-refractivity contribution >= 4 is 11.8 Å². The topological polar surface area (TPSA) is 63.6 Å². The lowest BCUT2D eigenvalue weighted by molar-refractivity contribution is 0.0600. The van der Waals surface area contributed by atoms with Crippen molar-refractivity contribution in [3.05, 3.63) is 64.2 Å². The van der Waals surface area contributed by atoms with Gasteiger partial charge in [0.15, 0.2) is 5.78 Å². The van der Waals surface area contributed by atoms with E-state index >= 15 is 0 Å². The molecule has 0 unspecified atom stereocenters. The van der Waals surface area contributed by atoms with Gasteiger partial charge in [-0.15, -0.1) is 0 Å². The minimum Gasteiger partial charge on any atom is -0.507 e. The summed E-state index contributed by atoms with van der Waals surface area (Å²) in [5.41, 5.74) is 2.26. The summed E-state index contributed by atoms with van der Waals surface area (Å²) >= 11 is 0. The summed E-state index contributed by atoms with van der Waals surface area (Å²) in [6, 6.07) is 9.93. The van der Waals surface area contributed by atoms with Gasteiger partial charge in [-0.25, -0.2) is 4.79 Å². The molecule has 0 amide bonds. The third-order valence-electron chi connectivity index (χ3n) is 4.56. The van der Waals surface area contributed by atoms with Crippen LogP contribution in [0.1, 0.15) is 78.9 Å². The summed E-state index contributed by atoms with van der Waals surface area (Å²) in [5, 5.41) is 10.8. The maximum atomic E-state index is 13.1. The molecule has 0 aliphatic carbocycles. The summed E-state index contributed by atoms with van der Waals surface area (Å²) in [4.78, 5) is 24.6. The molecule has 2 rings (SSSR count). The standard InChI is InChI=1S/C23H28O4/c1-22(2,3)17-12-16(13-18(20(17)25)23(4,5)6)19(24)14-8-10-15(11-9-14)21(26)27-7/h8-13,25H,1-7H3. The van der Waals surface area contributed by atoms with Crippen molar-refractivity contribution in [2.45, 2.75) is 52.4 Å². The lowest BCUT2D eigenvalue weighted by Gasteiger charge is -2.28. The molecule has 0 spiro atoms. The number of phenolic OH excluding ortho intramolecular Hbond substituents is 1. The zero-order chi connectivity index (χ0) is 20.6. The van der Waals surface area contributed by atoms with Crippen LogP contribution >= 0.6 is 0 Å². The molecular weight excluding hydrogens is 340 g/mol. The van der Waals surface area contributed by atoms with Gasteiger partial charge in [0.1, 0.15) is 5.75 Å². The molecule has 0 radical (unpaired) electrons. The Kier molecular flexibility index (Phi) is 5.50. The van der Waals surface area contributed by atoms with E-state index in [9.17, 15) is 14.7 Å². The highest BCUT2D eigenvalue weighted by molar-refractivity contribution is 6.09. The van der Waals surface area contributed by atoms with Crippen LogP contribution in [0.25, 0.3) is 0 Å². The predicted octanol–water partition coefficient (Wildman–Crippen LogP) is 5.00. The van der Waals surface area contributed by atoms with Gasteiger partial charge in [0.25, 0.3) is 0 Å². The Morgan fingerprint density at radius 3 is 1.56 bits per heavy atom. The Labute approximate surface area is 161 Å². The number of carbonyl (C=O) groups is 2. The van der Waals surface area contributed by atoms with Crippen LogP contribution in [0.3, 0.4) is 0 Å². The predicted molar refractivity (Wildman–Crippen MR) is 107 cm³/mol. The summed E-state index contributed by atoms with van der Waals surface area (Å²) in [6.07, 6.45) is 0. The molecule has 2 aromatic carbocycles. The van der Waals surface area contributed by atoms with Gasteiger partial charge >= 0.3 is 5.97 Å². The first kappa shape index (κ1) is 20.7. The van der Waals surface area contributed by atoms with Crippen molar-refractivity contribution in [1.82, 2.24) is 0 Å². The maximum Gasteiger partial charge on any atom is 0.337 e. The second-order valence-corrected chi connectivity index (χ2v) is 8.82. The monoisotopic (exact) mass is 368 g/mol. The molecule has 2 aromatic rings. The zero-order valence-corrected chi connectivity index (χ0v) is 17.1. The van der Waals surface area contributed by atoms with E-state index in [2.05, 4.69) is 4.74 Å². The van der Waals surface area contributed by atoms with E-state index < -0.39 is 5.97 Å². The fourth-order valence-electron chi connectivity index (χ4n) is 2.95. The van der Waals surface area contributed by atoms with Gasteiger partial charge in [0.2, 0.25) is 0 Å². The highest BCUT2D eigenvalue weighted by Crippen LogP contribution is 2.40. The lowest BCUT2D eigenvalue weighted by atomic mass is 9.77. The van der Waals surface area contributed by atoms with E-state index in [1.165, 1.54) is 7.11 Å². The Morgan fingerprint density at radius 2 is 1.19 bits per heavy atom. The maximum absolute atomic E-state index is 13.1. The third kappa shape index (κ3) is 4.38. The van der Waals surface area contributed by atoms with Gasteiger partial charge in [-0.05, 0) is 35.1 Å². The van der Waals surface area contributed by atoms with Crippen LogP contribution < -0.4 is 0 Å². The molecule has 0 saturated heterocycles. The SMILES string of the molecule is COC(=O)c1ccc(C(=O)c2cc(C(C)(C)C)c(O)c(C(C)(C)C)c2)cc1. The van der Waals surface area contributed by atoms with Crippen LogP contribution in [-0.2, 0) is 15.6 Å². The van der Waals surface area contributed by atoms with Crippen molar-refractivity contribution in [2.24, 2.45) is 0 Å². The van der Waals surface area contributed by atoms with Crippen molar-refractivity contribution in [1.29, 1.82) is 0 Å². The quantitative estimate of drug-likeness (QED) is 0.611. The number of rotatable bonds is 3. The number of carbonyl (C=O) groups excluding carboxylic acids is 2. The lowest BCUT2D eigenvalue weighted by Crippen LogP contribution is -2.19. The number of aromatic hydroxyl groups is 1. The van der Waals surface area contributed by atoms with Gasteiger partial charge in [-0.3, -0.25) is 4.79 Å². The first-order valence-corrected chi connectivity index (χ1v) is 8.97. The highest BCUT2D eigenvalue weighted by atomic mass is 16.5. The summed E-state index contributed by atoms with van der Waals surface area (Å²) < 4.78 is 4.69. The molecule has 0 bridgehead atoms. The number of esters is 1. The number of ether oxygens (including phenoxy) is 1. The van der Waals surface area contributed by atoms with Crippen LogP contribution in [0.5, 0.6) is 5.75 Å². The molecule has 0 fully saturated rings. The second-order valence-electron chi connectivity index (χ2n) is 8.82. The fraction of sp³-hybridized carbons (Fsp3) is 0.391. The smallest absolute Gasteiger partial charge is 0.337 e. The Bertz CT molecular complexity index is 828. The summed E-state index contributed by atoms with van der Waals surface area (Å²) in [7, 11) is 1.32. The van der Waals surface area contributed by atoms with E-state index in [1.54, 1.807) is 36.4 Å². The molecule has 0 aliphatic heterocycles. The van der Waals surface area contributed by atoms with Gasteiger partial charge in [-0.2, -0.15) is 0 Å². The molecule has 4 heteroatoms. The minimum absolute atomic E-state index is 0.151. The molecule has 0 atom stereocenters. The van der Waals surface area contributed by atoms with Crippen molar-refractivity contribution < 1.29 is 19.4 Å². The molecule has 0 heterocycles. The average molecular weight is 368 g/mol. The fourth-order valence-corrected chi connectivity index (χ4v) is 2.95. The van der Waals surface area contributed by atoms with Crippen LogP contribution in [0.2, 0.25) is 0 Å².